The van der Waals surface area contributed by atoms with Crippen molar-refractivity contribution in [1.82, 2.24) is 0 Å². The Morgan fingerprint density at radius 1 is 0.522 bits per heavy atom. The quantitative estimate of drug-likeness (QED) is 0.133. The number of halogens is 3. The Hall–Kier alpha value is -4.04. The molecule has 5 aromatic rings. The summed E-state index contributed by atoms with van der Waals surface area (Å²) < 4.78 is 0.765. The topological polar surface area (TPSA) is 54.5 Å². The fraction of sp³-hybridized carbons (Fsp3) is 0.103. The number of fused-ring (bicyclic) bond motifs is 5. The van der Waals surface area contributed by atoms with E-state index in [0.717, 1.165) is 25.8 Å². The zero-order valence-electron chi connectivity index (χ0n) is 24.2. The maximum atomic E-state index is 15.9. The first-order valence-corrected chi connectivity index (χ1v) is 16.7. The van der Waals surface area contributed by atoms with Crippen molar-refractivity contribution < 1.29 is 14.4 Å². The molecule has 0 aromatic heterocycles. The predicted octanol–water partition coefficient (Wildman–Crippen LogP) is 8.79. The first-order valence-electron chi connectivity index (χ1n) is 14.9. The number of ketones is 1. The molecule has 7 heteroatoms. The number of rotatable bonds is 5. The van der Waals surface area contributed by atoms with Crippen molar-refractivity contribution in [2.45, 2.75) is 10.8 Å². The molecule has 46 heavy (non-hydrogen) atoms. The third-order valence-electron chi connectivity index (χ3n) is 9.81. The van der Waals surface area contributed by atoms with Gasteiger partial charge in [0.2, 0.25) is 11.8 Å². The molecular weight excluding hydrogens is 728 g/mol. The zero-order chi connectivity index (χ0) is 31.8. The zero-order valence-corrected chi connectivity index (χ0v) is 27.8. The smallest absolute Gasteiger partial charge is 0.239 e. The van der Waals surface area contributed by atoms with Crippen LogP contribution < -0.4 is 4.90 Å². The van der Waals surface area contributed by atoms with E-state index in [4.69, 9.17) is 23.2 Å². The lowest BCUT2D eigenvalue weighted by atomic mass is 9.59. The number of amides is 2. The van der Waals surface area contributed by atoms with Gasteiger partial charge in [-0.05, 0) is 92.4 Å². The van der Waals surface area contributed by atoms with E-state index in [1.54, 1.807) is 30.3 Å². The molecule has 1 saturated heterocycles. The van der Waals surface area contributed by atoms with Gasteiger partial charge < -0.3 is 0 Å². The van der Waals surface area contributed by atoms with Crippen molar-refractivity contribution in [1.29, 1.82) is 0 Å². The summed E-state index contributed by atoms with van der Waals surface area (Å²) >= 11 is 15.0. The molecule has 3 aliphatic rings. The van der Waals surface area contributed by atoms with E-state index >= 15 is 14.4 Å². The maximum absolute atomic E-state index is 15.9. The fourth-order valence-corrected chi connectivity index (χ4v) is 9.11. The number of benzene rings is 5. The Balaban J connectivity index is 1.57. The highest BCUT2D eigenvalue weighted by Crippen LogP contribution is 2.74. The van der Waals surface area contributed by atoms with Gasteiger partial charge in [0.25, 0.3) is 0 Å². The Kier molecular flexibility index (Phi) is 6.87. The molecule has 8 rings (SSSR count). The molecule has 1 heterocycles. The van der Waals surface area contributed by atoms with Crippen LogP contribution in [0.4, 0.5) is 5.69 Å². The van der Waals surface area contributed by atoms with Gasteiger partial charge >= 0.3 is 0 Å². The van der Waals surface area contributed by atoms with Crippen LogP contribution in [0, 0.1) is 15.4 Å². The molecule has 224 valence electrons. The van der Waals surface area contributed by atoms with Crippen LogP contribution in [0.3, 0.4) is 0 Å². The molecule has 1 saturated carbocycles. The van der Waals surface area contributed by atoms with Crippen molar-refractivity contribution in [3.63, 3.8) is 0 Å². The van der Waals surface area contributed by atoms with Crippen LogP contribution >= 0.6 is 45.8 Å². The highest BCUT2D eigenvalue weighted by atomic mass is 127. The van der Waals surface area contributed by atoms with Crippen molar-refractivity contribution in [3.8, 4) is 0 Å². The first kappa shape index (κ1) is 29.4. The molecule has 2 fully saturated rings. The Bertz CT molecular complexity index is 1970. The summed E-state index contributed by atoms with van der Waals surface area (Å²) in [6, 6.07) is 41.2. The van der Waals surface area contributed by atoms with E-state index in [9.17, 15) is 0 Å². The van der Waals surface area contributed by atoms with E-state index < -0.39 is 34.5 Å². The average molecular weight is 752 g/mol. The first-order chi connectivity index (χ1) is 22.3. The normalized spacial score (nSPS) is 25.0. The predicted molar refractivity (Wildman–Crippen MR) is 190 cm³/mol. The molecule has 4 nitrogen and oxygen atoms in total. The van der Waals surface area contributed by atoms with Crippen LogP contribution in [0.25, 0.3) is 11.1 Å². The second kappa shape index (κ2) is 10.8. The number of para-hydroxylation sites is 1. The maximum Gasteiger partial charge on any atom is 0.239 e. The fourth-order valence-electron chi connectivity index (χ4n) is 8.23. The lowest BCUT2D eigenvalue weighted by molar-refractivity contribution is -0.130. The van der Waals surface area contributed by atoms with E-state index in [2.05, 4.69) is 22.6 Å². The molecule has 0 unspecified atom stereocenters. The summed E-state index contributed by atoms with van der Waals surface area (Å²) in [7, 11) is 0. The van der Waals surface area contributed by atoms with E-state index in [-0.39, 0.29) is 5.78 Å². The van der Waals surface area contributed by atoms with Crippen LogP contribution in [-0.2, 0) is 25.2 Å². The number of Topliss-reactive ketones (excluding diaryl/α,β-unsaturated/α-hetero) is 1. The SMILES string of the molecule is O=C1[C@@H]2[C@H](C(=O)N1c1ccccc1I)[C@@]1(c3ccc(Cl)cc3)C(=O)[C@@]2(c2ccc(Cl)cc2)C(c2ccccc2)=C1c1ccccc1. The van der Waals surface area contributed by atoms with Crippen LogP contribution in [0.15, 0.2) is 133 Å². The highest BCUT2D eigenvalue weighted by molar-refractivity contribution is 14.1. The van der Waals surface area contributed by atoms with Gasteiger partial charge in [0.1, 0.15) is 0 Å². The summed E-state index contributed by atoms with van der Waals surface area (Å²) in [4.78, 5) is 47.4. The summed E-state index contributed by atoms with van der Waals surface area (Å²) in [6.45, 7) is 0. The summed E-state index contributed by atoms with van der Waals surface area (Å²) in [5.41, 5.74) is 1.86. The van der Waals surface area contributed by atoms with Crippen molar-refractivity contribution in [2.24, 2.45) is 11.8 Å². The Morgan fingerprint density at radius 3 is 1.33 bits per heavy atom. The molecular formula is C39H24Cl2INO3. The van der Waals surface area contributed by atoms with Gasteiger partial charge in [-0.25, -0.2) is 4.90 Å². The highest BCUT2D eigenvalue weighted by Gasteiger charge is 2.82. The largest absolute Gasteiger partial charge is 0.297 e. The number of carbonyl (C=O) groups is 3. The molecule has 5 aromatic carbocycles. The molecule has 1 aliphatic heterocycles. The molecule has 2 bridgehead atoms. The van der Waals surface area contributed by atoms with Crippen molar-refractivity contribution >= 4 is 80.2 Å². The van der Waals surface area contributed by atoms with Crippen molar-refractivity contribution in [2.75, 3.05) is 4.90 Å². The van der Waals surface area contributed by atoms with Gasteiger partial charge in [0.05, 0.1) is 28.4 Å². The number of allylic oxidation sites excluding steroid dienone is 2. The lowest BCUT2D eigenvalue weighted by Gasteiger charge is -2.39. The third-order valence-corrected chi connectivity index (χ3v) is 11.2. The van der Waals surface area contributed by atoms with E-state index in [1.165, 1.54) is 4.90 Å². The van der Waals surface area contributed by atoms with Gasteiger partial charge in [-0.3, -0.25) is 14.4 Å². The average Bonchev–Trinajstić information content (AvgIpc) is 3.58. The summed E-state index contributed by atoms with van der Waals surface area (Å²) in [6.07, 6.45) is 0. The monoisotopic (exact) mass is 751 g/mol. The molecule has 2 amide bonds. The van der Waals surface area contributed by atoms with E-state index in [0.29, 0.717) is 26.9 Å². The number of carbonyl (C=O) groups excluding carboxylic acids is 3. The van der Waals surface area contributed by atoms with Crippen LogP contribution in [0.5, 0.6) is 0 Å². The van der Waals surface area contributed by atoms with Gasteiger partial charge in [-0.2, -0.15) is 0 Å². The van der Waals surface area contributed by atoms with Crippen LogP contribution in [0.2, 0.25) is 10.0 Å². The van der Waals surface area contributed by atoms with Crippen LogP contribution in [0.1, 0.15) is 22.3 Å². The lowest BCUT2D eigenvalue weighted by Crippen LogP contribution is -2.45. The van der Waals surface area contributed by atoms with Gasteiger partial charge in [0, 0.05) is 13.6 Å². The number of hydrogen-bond acceptors (Lipinski definition) is 3. The minimum Gasteiger partial charge on any atom is -0.297 e. The van der Waals surface area contributed by atoms with Crippen LogP contribution in [-0.4, -0.2) is 17.6 Å². The molecule has 4 atom stereocenters. The standard InChI is InChI=1S/C39H24Cl2INO3/c40-27-19-15-25(16-20-27)38-31(23-9-3-1-4-10-23)32(24-11-5-2-6-12-24)39(37(38)46,26-17-21-28(41)22-18-26)34-33(38)35(44)43(36(34)45)30-14-8-7-13-29(30)42/h1-22,33-34H/t33-,34+,38-,39-/m0/s1. The van der Waals surface area contributed by atoms with E-state index in [1.807, 2.05) is 103 Å². The Morgan fingerprint density at radius 2 is 0.913 bits per heavy atom. The minimum absolute atomic E-state index is 0.193. The second-order valence-corrected chi connectivity index (χ2v) is 13.9. The minimum atomic E-state index is -1.50. The molecule has 0 N–H and O–H groups in total. The summed E-state index contributed by atoms with van der Waals surface area (Å²) in [5.74, 6) is -3.00. The molecule has 2 aliphatic carbocycles. The Labute approximate surface area is 289 Å². The third kappa shape index (κ3) is 3.76. The number of nitrogens with zero attached hydrogens (tertiary/aromatic N) is 1. The van der Waals surface area contributed by atoms with Gasteiger partial charge in [-0.15, -0.1) is 0 Å². The number of hydrogen-bond donors (Lipinski definition) is 0. The number of anilines is 1. The molecule has 0 radical (unpaired) electrons. The molecule has 0 spiro atoms. The summed E-state index contributed by atoms with van der Waals surface area (Å²) in [5, 5.41) is 1.01. The van der Waals surface area contributed by atoms with Gasteiger partial charge in [-0.1, -0.05) is 120 Å². The second-order valence-electron chi connectivity index (χ2n) is 11.9. The number of imide groups is 1. The van der Waals surface area contributed by atoms with Crippen molar-refractivity contribution in [3.05, 3.63) is 169 Å². The van der Waals surface area contributed by atoms with Gasteiger partial charge in [0.15, 0.2) is 5.78 Å².